The molecule has 4 nitrogen and oxygen atoms in total. The number of hydrogen-bond acceptors (Lipinski definition) is 2. The first-order valence-electron chi connectivity index (χ1n) is 6.44. The highest BCUT2D eigenvalue weighted by atomic mass is 79.9. The summed E-state index contributed by atoms with van der Waals surface area (Å²) in [5.41, 5.74) is 0. The summed E-state index contributed by atoms with van der Waals surface area (Å²) in [6.45, 7) is 1.97. The average Bonchev–Trinajstić information content (AvgIpc) is 2.97. The van der Waals surface area contributed by atoms with Crippen LogP contribution in [0.25, 0.3) is 0 Å². The Balaban J connectivity index is 1.84. The second-order valence-electron chi connectivity index (χ2n) is 5.07. The first-order valence-corrected chi connectivity index (χ1v) is 9.00. The zero-order chi connectivity index (χ0) is 12.3. The van der Waals surface area contributed by atoms with Gasteiger partial charge in [0, 0.05) is 25.0 Å². The standard InChI is InChI=1S/C11H21BrN2O2S/c12-8-10-4-3-5-11(10)9-13-17(15,16)14-6-1-2-7-14/h10-11,13H,1-9H2. The summed E-state index contributed by atoms with van der Waals surface area (Å²) in [6.07, 6.45) is 5.59. The minimum atomic E-state index is -3.21. The Morgan fingerprint density at radius 1 is 1.12 bits per heavy atom. The van der Waals surface area contributed by atoms with Crippen molar-refractivity contribution < 1.29 is 8.42 Å². The lowest BCUT2D eigenvalue weighted by Crippen LogP contribution is -2.41. The van der Waals surface area contributed by atoms with Gasteiger partial charge in [-0.2, -0.15) is 12.7 Å². The summed E-state index contributed by atoms with van der Waals surface area (Å²) < 4.78 is 28.3. The molecular formula is C11H21BrN2O2S. The maximum Gasteiger partial charge on any atom is 0.279 e. The number of hydrogen-bond donors (Lipinski definition) is 1. The molecule has 0 spiro atoms. The second-order valence-corrected chi connectivity index (χ2v) is 7.47. The van der Waals surface area contributed by atoms with E-state index in [9.17, 15) is 8.42 Å². The maximum atomic E-state index is 12.0. The van der Waals surface area contributed by atoms with Gasteiger partial charge in [-0.1, -0.05) is 22.4 Å². The van der Waals surface area contributed by atoms with Crippen molar-refractivity contribution in [2.24, 2.45) is 11.8 Å². The molecule has 2 unspecified atom stereocenters. The van der Waals surface area contributed by atoms with Crippen LogP contribution >= 0.6 is 15.9 Å². The third-order valence-electron chi connectivity index (χ3n) is 3.95. The summed E-state index contributed by atoms with van der Waals surface area (Å²) >= 11 is 3.52. The number of nitrogens with zero attached hydrogens (tertiary/aromatic N) is 1. The van der Waals surface area contributed by atoms with E-state index in [1.54, 1.807) is 4.31 Å². The van der Waals surface area contributed by atoms with Crippen LogP contribution in [0, 0.1) is 11.8 Å². The lowest BCUT2D eigenvalue weighted by atomic mass is 9.99. The number of nitrogens with one attached hydrogen (secondary N) is 1. The van der Waals surface area contributed by atoms with Gasteiger partial charge in [0.05, 0.1) is 0 Å². The predicted octanol–water partition coefficient (Wildman–Crippen LogP) is 1.73. The summed E-state index contributed by atoms with van der Waals surface area (Å²) in [6, 6.07) is 0. The van der Waals surface area contributed by atoms with Crippen molar-refractivity contribution in [3.05, 3.63) is 0 Å². The van der Waals surface area contributed by atoms with Crippen molar-refractivity contribution in [2.45, 2.75) is 32.1 Å². The lowest BCUT2D eigenvalue weighted by molar-refractivity contribution is 0.407. The fraction of sp³-hybridized carbons (Fsp3) is 1.00. The molecule has 6 heteroatoms. The molecule has 0 aromatic carbocycles. The predicted molar refractivity (Wildman–Crippen MR) is 72.4 cm³/mol. The second kappa shape index (κ2) is 5.99. The Morgan fingerprint density at radius 2 is 1.76 bits per heavy atom. The zero-order valence-electron chi connectivity index (χ0n) is 10.1. The topological polar surface area (TPSA) is 49.4 Å². The monoisotopic (exact) mass is 324 g/mol. The van der Waals surface area contributed by atoms with E-state index in [-0.39, 0.29) is 0 Å². The fourth-order valence-electron chi connectivity index (χ4n) is 2.82. The minimum absolute atomic E-state index is 0.506. The molecule has 0 aromatic heterocycles. The van der Waals surface area contributed by atoms with Gasteiger partial charge in [-0.05, 0) is 37.5 Å². The van der Waals surface area contributed by atoms with Crippen LogP contribution in [0.2, 0.25) is 0 Å². The van der Waals surface area contributed by atoms with E-state index in [2.05, 4.69) is 20.7 Å². The van der Waals surface area contributed by atoms with Gasteiger partial charge in [-0.3, -0.25) is 0 Å². The van der Waals surface area contributed by atoms with Gasteiger partial charge in [-0.25, -0.2) is 4.72 Å². The van der Waals surface area contributed by atoms with Crippen LogP contribution < -0.4 is 4.72 Å². The molecule has 0 bridgehead atoms. The molecule has 2 rings (SSSR count). The molecule has 2 aliphatic rings. The molecule has 0 amide bonds. The van der Waals surface area contributed by atoms with Crippen LogP contribution in [0.15, 0.2) is 0 Å². The Labute approximate surface area is 112 Å². The Morgan fingerprint density at radius 3 is 2.41 bits per heavy atom. The molecule has 0 aromatic rings. The Kier molecular flexibility index (Phi) is 4.86. The van der Waals surface area contributed by atoms with Crippen molar-refractivity contribution in [1.82, 2.24) is 9.03 Å². The molecule has 1 aliphatic heterocycles. The van der Waals surface area contributed by atoms with E-state index in [4.69, 9.17) is 0 Å². The number of alkyl halides is 1. The van der Waals surface area contributed by atoms with Crippen molar-refractivity contribution in [2.75, 3.05) is 25.0 Å². The highest BCUT2D eigenvalue weighted by Gasteiger charge is 2.30. The van der Waals surface area contributed by atoms with Crippen LogP contribution in [0.4, 0.5) is 0 Å². The molecule has 1 N–H and O–H groups in total. The van der Waals surface area contributed by atoms with E-state index in [0.717, 1.165) is 24.6 Å². The van der Waals surface area contributed by atoms with E-state index >= 15 is 0 Å². The largest absolute Gasteiger partial charge is 0.279 e. The lowest BCUT2D eigenvalue weighted by Gasteiger charge is -2.21. The smallest absolute Gasteiger partial charge is 0.202 e. The van der Waals surface area contributed by atoms with Gasteiger partial charge in [0.25, 0.3) is 10.2 Å². The Bertz CT molecular complexity index is 341. The summed E-state index contributed by atoms with van der Waals surface area (Å²) in [5.74, 6) is 1.14. The zero-order valence-corrected chi connectivity index (χ0v) is 12.5. The summed E-state index contributed by atoms with van der Waals surface area (Å²) in [5, 5.41) is 0.989. The van der Waals surface area contributed by atoms with Crippen molar-refractivity contribution >= 4 is 26.1 Å². The Hall–Kier alpha value is 0.350. The van der Waals surface area contributed by atoms with E-state index in [1.807, 2.05) is 0 Å². The fourth-order valence-corrected chi connectivity index (χ4v) is 5.02. The van der Waals surface area contributed by atoms with Gasteiger partial charge < -0.3 is 0 Å². The summed E-state index contributed by atoms with van der Waals surface area (Å²) in [7, 11) is -3.21. The van der Waals surface area contributed by atoms with Gasteiger partial charge in [-0.15, -0.1) is 0 Å². The molecule has 2 atom stereocenters. The highest BCUT2D eigenvalue weighted by molar-refractivity contribution is 9.09. The molecule has 1 heterocycles. The molecule has 1 saturated heterocycles. The van der Waals surface area contributed by atoms with Crippen molar-refractivity contribution in [1.29, 1.82) is 0 Å². The molecule has 1 saturated carbocycles. The highest BCUT2D eigenvalue weighted by Crippen LogP contribution is 2.32. The number of rotatable bonds is 5. The molecule has 1 aliphatic carbocycles. The minimum Gasteiger partial charge on any atom is -0.202 e. The quantitative estimate of drug-likeness (QED) is 0.783. The van der Waals surface area contributed by atoms with E-state index in [0.29, 0.717) is 31.5 Å². The molecule has 17 heavy (non-hydrogen) atoms. The SMILES string of the molecule is O=S(=O)(NCC1CCCC1CBr)N1CCCC1. The summed E-state index contributed by atoms with van der Waals surface area (Å²) in [4.78, 5) is 0. The normalized spacial score (nSPS) is 31.1. The molecule has 2 fully saturated rings. The van der Waals surface area contributed by atoms with Crippen LogP contribution in [0.1, 0.15) is 32.1 Å². The van der Waals surface area contributed by atoms with Crippen LogP contribution in [-0.2, 0) is 10.2 Å². The van der Waals surface area contributed by atoms with Gasteiger partial charge in [0.1, 0.15) is 0 Å². The van der Waals surface area contributed by atoms with Crippen molar-refractivity contribution in [3.63, 3.8) is 0 Å². The third-order valence-corrected chi connectivity index (χ3v) is 6.36. The van der Waals surface area contributed by atoms with Crippen LogP contribution in [-0.4, -0.2) is 37.7 Å². The maximum absolute atomic E-state index is 12.0. The third kappa shape index (κ3) is 3.43. The molecular weight excluding hydrogens is 304 g/mol. The van der Waals surface area contributed by atoms with Gasteiger partial charge in [0.15, 0.2) is 0 Å². The van der Waals surface area contributed by atoms with Crippen LogP contribution in [0.5, 0.6) is 0 Å². The van der Waals surface area contributed by atoms with Crippen LogP contribution in [0.3, 0.4) is 0 Å². The van der Waals surface area contributed by atoms with Gasteiger partial charge in [0.2, 0.25) is 0 Å². The van der Waals surface area contributed by atoms with Gasteiger partial charge >= 0.3 is 0 Å². The van der Waals surface area contributed by atoms with Crippen molar-refractivity contribution in [3.8, 4) is 0 Å². The average molecular weight is 325 g/mol. The van der Waals surface area contributed by atoms with E-state index in [1.165, 1.54) is 12.8 Å². The molecule has 100 valence electrons. The molecule has 0 radical (unpaired) electrons. The first-order chi connectivity index (χ1) is 8.13. The number of halogens is 1. The first kappa shape index (κ1) is 13.8. The van der Waals surface area contributed by atoms with E-state index < -0.39 is 10.2 Å².